The minimum Gasteiger partial charge on any atom is -0.493 e. The Bertz CT molecular complexity index is 1330. The molecule has 0 atom stereocenters. The number of hydrazine groups is 1. The molecule has 1 saturated heterocycles. The van der Waals surface area contributed by atoms with Crippen LogP contribution < -0.4 is 14.9 Å². The van der Waals surface area contributed by atoms with Crippen molar-refractivity contribution >= 4 is 69.4 Å². The van der Waals surface area contributed by atoms with Crippen molar-refractivity contribution in [2.24, 2.45) is 0 Å². The van der Waals surface area contributed by atoms with E-state index in [9.17, 15) is 9.59 Å². The van der Waals surface area contributed by atoms with Crippen molar-refractivity contribution in [3.8, 4) is 11.5 Å². The first-order valence-corrected chi connectivity index (χ1v) is 12.2. The predicted molar refractivity (Wildman–Crippen MR) is 143 cm³/mol. The first kappa shape index (κ1) is 25.1. The fourth-order valence-corrected chi connectivity index (χ4v) is 4.84. The van der Waals surface area contributed by atoms with Crippen LogP contribution in [0, 0.1) is 0 Å². The molecule has 1 N–H and O–H groups in total. The van der Waals surface area contributed by atoms with Crippen LogP contribution in [0.1, 0.15) is 21.5 Å². The van der Waals surface area contributed by atoms with Gasteiger partial charge in [0.1, 0.15) is 6.61 Å². The second-order valence-electron chi connectivity index (χ2n) is 7.23. The van der Waals surface area contributed by atoms with Gasteiger partial charge >= 0.3 is 0 Å². The molecule has 0 radical (unpaired) electrons. The zero-order valence-corrected chi connectivity index (χ0v) is 21.4. The molecule has 1 aliphatic rings. The number of methoxy groups -OCH3 is 1. The molecule has 6 nitrogen and oxygen atoms in total. The monoisotopic (exact) mass is 544 g/mol. The van der Waals surface area contributed by atoms with Gasteiger partial charge in [-0.1, -0.05) is 71.4 Å². The minimum absolute atomic E-state index is 0.158. The van der Waals surface area contributed by atoms with Gasteiger partial charge in [-0.25, -0.2) is 0 Å². The topological polar surface area (TPSA) is 67.9 Å². The van der Waals surface area contributed by atoms with Crippen LogP contribution in [0.3, 0.4) is 0 Å². The highest BCUT2D eigenvalue weighted by molar-refractivity contribution is 8.26. The maximum absolute atomic E-state index is 13.0. The van der Waals surface area contributed by atoms with E-state index in [0.29, 0.717) is 37.6 Å². The lowest BCUT2D eigenvalue weighted by molar-refractivity contribution is -0.123. The van der Waals surface area contributed by atoms with E-state index >= 15 is 0 Å². The molecule has 1 heterocycles. The van der Waals surface area contributed by atoms with Crippen LogP contribution in [0.4, 0.5) is 0 Å². The molecule has 0 bridgehead atoms. The Balaban J connectivity index is 1.57. The molecule has 10 heteroatoms. The Labute approximate surface area is 221 Å². The van der Waals surface area contributed by atoms with E-state index < -0.39 is 11.8 Å². The molecule has 3 aromatic rings. The largest absolute Gasteiger partial charge is 0.493 e. The summed E-state index contributed by atoms with van der Waals surface area (Å²) in [6.45, 7) is 0.158. The lowest BCUT2D eigenvalue weighted by Gasteiger charge is -2.16. The first-order valence-electron chi connectivity index (χ1n) is 10.2. The smallest absolute Gasteiger partial charge is 0.285 e. The van der Waals surface area contributed by atoms with Crippen molar-refractivity contribution in [1.82, 2.24) is 10.4 Å². The summed E-state index contributed by atoms with van der Waals surface area (Å²) in [6, 6.07) is 19.0. The van der Waals surface area contributed by atoms with Gasteiger partial charge in [0.2, 0.25) is 0 Å². The average Bonchev–Trinajstić information content (AvgIpc) is 3.11. The summed E-state index contributed by atoms with van der Waals surface area (Å²) in [4.78, 5) is 25.9. The first-order chi connectivity index (χ1) is 16.9. The number of rotatable bonds is 7. The number of hydrogen-bond donors (Lipinski definition) is 1. The zero-order chi connectivity index (χ0) is 24.9. The van der Waals surface area contributed by atoms with Crippen LogP contribution in [0.5, 0.6) is 11.5 Å². The van der Waals surface area contributed by atoms with Gasteiger partial charge in [-0.3, -0.25) is 15.0 Å². The van der Waals surface area contributed by atoms with Gasteiger partial charge in [-0.15, -0.1) is 0 Å². The molecular weight excluding hydrogens is 527 g/mol. The average molecular weight is 545 g/mol. The van der Waals surface area contributed by atoms with Gasteiger partial charge in [-0.05, 0) is 48.6 Å². The molecule has 0 unspecified atom stereocenters. The number of para-hydroxylation sites is 1. The van der Waals surface area contributed by atoms with E-state index in [1.54, 1.807) is 72.8 Å². The van der Waals surface area contributed by atoms with Crippen molar-refractivity contribution < 1.29 is 19.1 Å². The van der Waals surface area contributed by atoms with E-state index in [0.717, 1.165) is 22.3 Å². The maximum atomic E-state index is 13.0. The van der Waals surface area contributed by atoms with Gasteiger partial charge in [0.05, 0.1) is 12.0 Å². The molecule has 178 valence electrons. The highest BCUT2D eigenvalue weighted by Gasteiger charge is 2.34. The van der Waals surface area contributed by atoms with Crippen LogP contribution >= 0.6 is 47.2 Å². The third-order valence-electron chi connectivity index (χ3n) is 4.95. The number of thioether (sulfide) groups is 1. The number of ether oxygens (including phenoxy) is 2. The van der Waals surface area contributed by atoms with Crippen LogP contribution in [-0.4, -0.2) is 28.3 Å². The second kappa shape index (κ2) is 11.1. The lowest BCUT2D eigenvalue weighted by atomic mass is 10.1. The quantitative estimate of drug-likeness (QED) is 0.285. The van der Waals surface area contributed by atoms with Crippen molar-refractivity contribution in [3.63, 3.8) is 0 Å². The zero-order valence-electron chi connectivity index (χ0n) is 18.3. The molecule has 4 rings (SSSR count). The van der Waals surface area contributed by atoms with Gasteiger partial charge < -0.3 is 9.47 Å². The van der Waals surface area contributed by atoms with Crippen molar-refractivity contribution in [1.29, 1.82) is 0 Å². The van der Waals surface area contributed by atoms with Crippen molar-refractivity contribution in [2.45, 2.75) is 6.61 Å². The molecule has 35 heavy (non-hydrogen) atoms. The number of hydrogen-bond acceptors (Lipinski definition) is 6. The Morgan fingerprint density at radius 3 is 2.60 bits per heavy atom. The number of carbonyl (C=O) groups excluding carboxylic acids is 2. The normalized spacial score (nSPS) is 14.4. The number of nitrogens with zero attached hydrogens (tertiary/aromatic N) is 1. The van der Waals surface area contributed by atoms with Crippen LogP contribution in [-0.2, 0) is 11.4 Å². The van der Waals surface area contributed by atoms with Crippen LogP contribution in [0.2, 0.25) is 10.0 Å². The third kappa shape index (κ3) is 5.79. The van der Waals surface area contributed by atoms with Crippen LogP contribution in [0.25, 0.3) is 6.08 Å². The number of benzene rings is 3. The Morgan fingerprint density at radius 2 is 1.89 bits per heavy atom. The number of carbonyl (C=O) groups is 2. The number of halogens is 2. The van der Waals surface area contributed by atoms with Crippen molar-refractivity contribution in [3.05, 3.63) is 98.4 Å². The summed E-state index contributed by atoms with van der Waals surface area (Å²) in [5, 5.41) is 2.07. The van der Waals surface area contributed by atoms with Crippen LogP contribution in [0.15, 0.2) is 71.6 Å². The summed E-state index contributed by atoms with van der Waals surface area (Å²) < 4.78 is 11.7. The molecule has 0 aromatic heterocycles. The summed E-state index contributed by atoms with van der Waals surface area (Å²) >= 11 is 18.7. The molecular formula is C25H18Cl2N2O4S2. The Kier molecular flexibility index (Phi) is 7.97. The highest BCUT2D eigenvalue weighted by Crippen LogP contribution is 2.38. The summed E-state index contributed by atoms with van der Waals surface area (Å²) in [6.07, 6.45) is 1.65. The molecule has 3 aromatic carbocycles. The molecule has 2 amide bonds. The molecule has 1 aliphatic heterocycles. The minimum atomic E-state index is -0.446. The van der Waals surface area contributed by atoms with Gasteiger partial charge in [0.25, 0.3) is 11.8 Å². The van der Waals surface area contributed by atoms with E-state index in [1.807, 2.05) is 0 Å². The molecule has 0 saturated carbocycles. The molecule has 0 aliphatic carbocycles. The summed E-state index contributed by atoms with van der Waals surface area (Å²) in [5.74, 6) is 0.0310. The van der Waals surface area contributed by atoms with Crippen molar-refractivity contribution in [2.75, 3.05) is 7.11 Å². The maximum Gasteiger partial charge on any atom is 0.285 e. The number of nitrogens with one attached hydrogen (secondary N) is 1. The fourth-order valence-electron chi connectivity index (χ4n) is 3.21. The fraction of sp³-hybridized carbons (Fsp3) is 0.0800. The highest BCUT2D eigenvalue weighted by atomic mass is 35.5. The SMILES string of the molecule is COc1cccc(C=C2SC(=S)N(NC(=O)c3ccccc3)C2=O)c1OCc1ccc(Cl)cc1Cl. The number of thiocarbonyl (C=S) groups is 1. The van der Waals surface area contributed by atoms with E-state index in [2.05, 4.69) is 5.43 Å². The predicted octanol–water partition coefficient (Wildman–Crippen LogP) is 6.13. The Hall–Kier alpha value is -3.04. The third-order valence-corrected chi connectivity index (χ3v) is 6.84. The van der Waals surface area contributed by atoms with Gasteiger partial charge in [-0.2, -0.15) is 5.01 Å². The van der Waals surface area contributed by atoms with E-state index in [4.69, 9.17) is 44.9 Å². The number of amides is 2. The van der Waals surface area contributed by atoms with E-state index in [1.165, 1.54) is 7.11 Å². The summed E-state index contributed by atoms with van der Waals surface area (Å²) in [5.41, 5.74) is 4.32. The van der Waals surface area contributed by atoms with E-state index in [-0.39, 0.29) is 10.9 Å². The van der Waals surface area contributed by atoms with Gasteiger partial charge in [0.15, 0.2) is 15.8 Å². The molecule has 1 fully saturated rings. The summed E-state index contributed by atoms with van der Waals surface area (Å²) in [7, 11) is 1.53. The Morgan fingerprint density at radius 1 is 1.11 bits per heavy atom. The lowest BCUT2D eigenvalue weighted by Crippen LogP contribution is -2.44. The second-order valence-corrected chi connectivity index (χ2v) is 9.75. The molecule has 0 spiro atoms. The standard InChI is InChI=1S/C25H18Cl2N2O4S2/c1-32-20-9-5-8-16(22(20)33-14-17-10-11-18(26)13-19(17)27)12-21-24(31)29(25(34)35-21)28-23(30)15-6-3-2-4-7-15/h2-13H,14H2,1H3,(H,28,30). The van der Waals surface area contributed by atoms with Gasteiger partial charge in [0, 0.05) is 26.7 Å².